The Morgan fingerprint density at radius 3 is 2.47 bits per heavy atom. The molecule has 0 aromatic rings. The van der Waals surface area contributed by atoms with E-state index in [2.05, 4.69) is 25.7 Å². The Morgan fingerprint density at radius 1 is 1.29 bits per heavy atom. The number of likely N-dealkylation sites (tertiary alicyclic amines) is 1. The van der Waals surface area contributed by atoms with Crippen LogP contribution in [0.4, 0.5) is 0 Å². The van der Waals surface area contributed by atoms with Crippen LogP contribution in [0, 0.1) is 11.3 Å². The average molecular weight is 241 g/mol. The lowest BCUT2D eigenvalue weighted by Gasteiger charge is -2.30. The summed E-state index contributed by atoms with van der Waals surface area (Å²) in [6.45, 7) is 10.9. The summed E-state index contributed by atoms with van der Waals surface area (Å²) in [5.74, 6) is 0.650. The van der Waals surface area contributed by atoms with Crippen LogP contribution in [-0.4, -0.2) is 37.1 Å². The van der Waals surface area contributed by atoms with Crippen LogP contribution in [0.3, 0.4) is 0 Å². The molecule has 0 bridgehead atoms. The van der Waals surface area contributed by atoms with Gasteiger partial charge in [0.1, 0.15) is 6.04 Å². The van der Waals surface area contributed by atoms with Crippen LogP contribution in [0.25, 0.3) is 0 Å². The Morgan fingerprint density at radius 2 is 1.94 bits per heavy atom. The second-order valence-electron chi connectivity index (χ2n) is 6.23. The molecule has 0 spiro atoms. The minimum Gasteiger partial charge on any atom is -0.468 e. The molecule has 1 heterocycles. The summed E-state index contributed by atoms with van der Waals surface area (Å²) in [6.07, 6.45) is 3.64. The zero-order chi connectivity index (χ0) is 13.1. The Kier molecular flexibility index (Phi) is 4.99. The lowest BCUT2D eigenvalue weighted by molar-refractivity contribution is -0.146. The van der Waals surface area contributed by atoms with Crippen molar-refractivity contribution in [2.45, 2.75) is 53.0 Å². The fourth-order valence-corrected chi connectivity index (χ4v) is 2.69. The first kappa shape index (κ1) is 14.5. The van der Waals surface area contributed by atoms with E-state index < -0.39 is 0 Å². The summed E-state index contributed by atoms with van der Waals surface area (Å²) >= 11 is 0. The van der Waals surface area contributed by atoms with Crippen LogP contribution in [0.1, 0.15) is 47.0 Å². The maximum absolute atomic E-state index is 11.5. The number of hydrogen-bond acceptors (Lipinski definition) is 3. The van der Waals surface area contributed by atoms with E-state index in [0.717, 1.165) is 19.0 Å². The standard InChI is InChI=1S/C14H27NO2/c1-11(13(16)17-5)15-9-6-7-12(8-10-15)14(2,3)4/h11-12H,6-10H2,1-5H3. The molecule has 1 aliphatic heterocycles. The van der Waals surface area contributed by atoms with Gasteiger partial charge in [-0.15, -0.1) is 0 Å². The molecule has 0 saturated carbocycles. The quantitative estimate of drug-likeness (QED) is 0.696. The van der Waals surface area contributed by atoms with Crippen molar-refractivity contribution in [3.05, 3.63) is 0 Å². The van der Waals surface area contributed by atoms with Gasteiger partial charge in [-0.3, -0.25) is 9.69 Å². The van der Waals surface area contributed by atoms with Crippen molar-refractivity contribution < 1.29 is 9.53 Å². The molecule has 0 N–H and O–H groups in total. The first-order valence-corrected chi connectivity index (χ1v) is 6.68. The number of ether oxygens (including phenoxy) is 1. The van der Waals surface area contributed by atoms with Gasteiger partial charge in [0.15, 0.2) is 0 Å². The van der Waals surface area contributed by atoms with Gasteiger partial charge in [0.2, 0.25) is 0 Å². The maximum Gasteiger partial charge on any atom is 0.322 e. The van der Waals surface area contributed by atoms with Crippen LogP contribution in [0.2, 0.25) is 0 Å². The van der Waals surface area contributed by atoms with Crippen molar-refractivity contribution in [3.8, 4) is 0 Å². The van der Waals surface area contributed by atoms with E-state index in [1.165, 1.54) is 26.4 Å². The van der Waals surface area contributed by atoms with Gasteiger partial charge < -0.3 is 4.74 Å². The van der Waals surface area contributed by atoms with Gasteiger partial charge in [-0.25, -0.2) is 0 Å². The smallest absolute Gasteiger partial charge is 0.322 e. The van der Waals surface area contributed by atoms with Gasteiger partial charge in [0.25, 0.3) is 0 Å². The summed E-state index contributed by atoms with van der Waals surface area (Å²) in [5, 5.41) is 0. The third-order valence-electron chi connectivity index (χ3n) is 4.08. The highest BCUT2D eigenvalue weighted by molar-refractivity contribution is 5.75. The molecular weight excluding hydrogens is 214 g/mol. The minimum atomic E-state index is -0.112. The molecule has 1 fully saturated rings. The second-order valence-corrected chi connectivity index (χ2v) is 6.23. The van der Waals surface area contributed by atoms with Crippen molar-refractivity contribution >= 4 is 5.97 Å². The highest BCUT2D eigenvalue weighted by atomic mass is 16.5. The molecule has 0 radical (unpaired) electrons. The van der Waals surface area contributed by atoms with Gasteiger partial charge in [0.05, 0.1) is 7.11 Å². The van der Waals surface area contributed by atoms with Gasteiger partial charge in [0, 0.05) is 0 Å². The van der Waals surface area contributed by atoms with E-state index in [4.69, 9.17) is 4.74 Å². The van der Waals surface area contributed by atoms with Crippen molar-refractivity contribution in [3.63, 3.8) is 0 Å². The molecule has 2 unspecified atom stereocenters. The van der Waals surface area contributed by atoms with Crippen LogP contribution >= 0.6 is 0 Å². The predicted molar refractivity (Wildman–Crippen MR) is 69.8 cm³/mol. The van der Waals surface area contributed by atoms with Crippen LogP contribution in [0.5, 0.6) is 0 Å². The van der Waals surface area contributed by atoms with Crippen LogP contribution in [0.15, 0.2) is 0 Å². The highest BCUT2D eigenvalue weighted by Gasteiger charge is 2.30. The first-order chi connectivity index (χ1) is 7.86. The minimum absolute atomic E-state index is 0.0984. The number of hydrogen-bond donors (Lipinski definition) is 0. The van der Waals surface area contributed by atoms with Gasteiger partial charge in [-0.2, -0.15) is 0 Å². The maximum atomic E-state index is 11.5. The average Bonchev–Trinajstić information content (AvgIpc) is 2.51. The summed E-state index contributed by atoms with van der Waals surface area (Å²) in [5.41, 5.74) is 0.379. The number of carbonyl (C=O) groups excluding carboxylic acids is 1. The number of rotatable bonds is 2. The predicted octanol–water partition coefficient (Wildman–Crippen LogP) is 2.70. The lowest BCUT2D eigenvalue weighted by Crippen LogP contribution is -2.40. The molecule has 3 nitrogen and oxygen atoms in total. The molecule has 0 aromatic heterocycles. The Labute approximate surface area is 106 Å². The zero-order valence-electron chi connectivity index (χ0n) is 12.0. The zero-order valence-corrected chi connectivity index (χ0v) is 12.0. The largest absolute Gasteiger partial charge is 0.468 e. The topological polar surface area (TPSA) is 29.5 Å². The van der Waals surface area contributed by atoms with Crippen molar-refractivity contribution in [2.24, 2.45) is 11.3 Å². The number of esters is 1. The van der Waals surface area contributed by atoms with E-state index >= 15 is 0 Å². The van der Waals surface area contributed by atoms with Crippen molar-refractivity contribution in [2.75, 3.05) is 20.2 Å². The van der Waals surface area contributed by atoms with E-state index in [9.17, 15) is 4.79 Å². The molecule has 100 valence electrons. The molecule has 0 aliphatic carbocycles. The second kappa shape index (κ2) is 5.85. The number of nitrogens with zero attached hydrogens (tertiary/aromatic N) is 1. The van der Waals surface area contributed by atoms with E-state index in [1.807, 2.05) is 6.92 Å². The van der Waals surface area contributed by atoms with Crippen molar-refractivity contribution in [1.82, 2.24) is 4.90 Å². The van der Waals surface area contributed by atoms with Gasteiger partial charge in [-0.1, -0.05) is 20.8 Å². The Hall–Kier alpha value is -0.570. The highest BCUT2D eigenvalue weighted by Crippen LogP contribution is 2.34. The molecule has 2 atom stereocenters. The Balaban J connectivity index is 2.56. The summed E-state index contributed by atoms with van der Waals surface area (Å²) in [7, 11) is 1.47. The SMILES string of the molecule is COC(=O)C(C)N1CCCC(C(C)(C)C)CC1. The molecule has 1 saturated heterocycles. The van der Waals surface area contributed by atoms with Crippen molar-refractivity contribution in [1.29, 1.82) is 0 Å². The van der Waals surface area contributed by atoms with E-state index in [0.29, 0.717) is 5.41 Å². The van der Waals surface area contributed by atoms with E-state index in [-0.39, 0.29) is 12.0 Å². The lowest BCUT2D eigenvalue weighted by atomic mass is 9.77. The van der Waals surface area contributed by atoms with Gasteiger partial charge in [-0.05, 0) is 50.6 Å². The number of methoxy groups -OCH3 is 1. The Bertz CT molecular complexity index is 257. The molecule has 17 heavy (non-hydrogen) atoms. The first-order valence-electron chi connectivity index (χ1n) is 6.68. The fourth-order valence-electron chi connectivity index (χ4n) is 2.69. The number of carbonyl (C=O) groups is 1. The third-order valence-corrected chi connectivity index (χ3v) is 4.08. The molecular formula is C14H27NO2. The monoisotopic (exact) mass is 241 g/mol. The fraction of sp³-hybridized carbons (Fsp3) is 0.929. The van der Waals surface area contributed by atoms with E-state index in [1.54, 1.807) is 0 Å². The third kappa shape index (κ3) is 3.98. The normalized spacial score (nSPS) is 25.1. The summed E-state index contributed by atoms with van der Waals surface area (Å²) in [6, 6.07) is -0.0984. The molecule has 1 rings (SSSR count). The molecule has 1 aliphatic rings. The molecule has 0 amide bonds. The van der Waals surface area contributed by atoms with Gasteiger partial charge >= 0.3 is 5.97 Å². The van der Waals surface area contributed by atoms with Crippen LogP contribution in [-0.2, 0) is 9.53 Å². The van der Waals surface area contributed by atoms with Crippen LogP contribution < -0.4 is 0 Å². The summed E-state index contributed by atoms with van der Waals surface area (Å²) < 4.78 is 4.82. The molecule has 0 aromatic carbocycles. The molecule has 3 heteroatoms. The summed E-state index contributed by atoms with van der Waals surface area (Å²) in [4.78, 5) is 13.8.